The minimum Gasteiger partial charge on any atom is -0.308 e. The van der Waals surface area contributed by atoms with Crippen molar-refractivity contribution < 1.29 is 0 Å². The third-order valence-corrected chi connectivity index (χ3v) is 7.38. The van der Waals surface area contributed by atoms with Crippen molar-refractivity contribution in [2.45, 2.75) is 20.8 Å². The summed E-state index contributed by atoms with van der Waals surface area (Å²) in [7, 11) is 0. The second-order valence-electron chi connectivity index (χ2n) is 8.96. The van der Waals surface area contributed by atoms with Crippen molar-refractivity contribution in [3.8, 4) is 11.1 Å². The van der Waals surface area contributed by atoms with E-state index in [1.165, 1.54) is 71.3 Å². The number of aromatic nitrogens is 2. The van der Waals surface area contributed by atoms with Crippen molar-refractivity contribution in [2.75, 3.05) is 0 Å². The van der Waals surface area contributed by atoms with Crippen LogP contribution in [0.3, 0.4) is 0 Å². The fourth-order valence-electron chi connectivity index (χ4n) is 5.61. The van der Waals surface area contributed by atoms with Crippen molar-refractivity contribution in [3.63, 3.8) is 0 Å². The molecule has 32 heavy (non-hydrogen) atoms. The molecule has 0 bridgehead atoms. The molecular weight excluding hydrogens is 388 g/mol. The van der Waals surface area contributed by atoms with Gasteiger partial charge in [-0.15, -0.1) is 0 Å². The van der Waals surface area contributed by atoms with E-state index in [2.05, 4.69) is 104 Å². The number of nitrogens with zero attached hydrogens (tertiary/aromatic N) is 2. The van der Waals surface area contributed by atoms with Crippen LogP contribution in [0.1, 0.15) is 16.7 Å². The van der Waals surface area contributed by atoms with Crippen LogP contribution in [-0.2, 0) is 0 Å². The van der Waals surface area contributed by atoms with Gasteiger partial charge in [-0.05, 0) is 60.5 Å². The van der Waals surface area contributed by atoms with Gasteiger partial charge in [0.1, 0.15) is 0 Å². The lowest BCUT2D eigenvalue weighted by atomic mass is 9.93. The van der Waals surface area contributed by atoms with Gasteiger partial charge < -0.3 is 4.40 Å². The Morgan fingerprint density at radius 2 is 1.41 bits per heavy atom. The highest BCUT2D eigenvalue weighted by atomic mass is 14.9. The van der Waals surface area contributed by atoms with Gasteiger partial charge in [-0.1, -0.05) is 60.7 Å². The largest absolute Gasteiger partial charge is 0.308 e. The number of aryl methyl sites for hydroxylation is 2. The van der Waals surface area contributed by atoms with Gasteiger partial charge >= 0.3 is 0 Å². The Morgan fingerprint density at radius 1 is 0.656 bits per heavy atom. The van der Waals surface area contributed by atoms with Gasteiger partial charge in [-0.2, -0.15) is 0 Å². The Bertz CT molecular complexity index is 1840. The second kappa shape index (κ2) is 6.08. The van der Waals surface area contributed by atoms with Crippen LogP contribution in [0, 0.1) is 20.8 Å². The maximum atomic E-state index is 5.11. The third-order valence-electron chi connectivity index (χ3n) is 7.38. The van der Waals surface area contributed by atoms with Gasteiger partial charge in [0.2, 0.25) is 0 Å². The summed E-state index contributed by atoms with van der Waals surface area (Å²) in [6.07, 6.45) is 2.06. The standard InChI is InChI=1S/C30H22N2/c1-17-15-24-28-27-22(25(16-31-28)20-9-5-4-6-10-20)13-14-23-21-11-7-8-12-26(21)32(30(23)27)29(24)19(3)18(17)2/h4-16H,1-3H3. The molecular formula is C30H22N2. The van der Waals surface area contributed by atoms with Crippen LogP contribution in [0.2, 0.25) is 0 Å². The molecule has 7 rings (SSSR count). The Hall–Kier alpha value is -3.91. The van der Waals surface area contributed by atoms with Gasteiger partial charge in [0.05, 0.1) is 22.1 Å². The highest BCUT2D eigenvalue weighted by molar-refractivity contribution is 6.29. The molecule has 0 N–H and O–H groups in total. The fourth-order valence-corrected chi connectivity index (χ4v) is 5.61. The molecule has 0 amide bonds. The highest BCUT2D eigenvalue weighted by Crippen LogP contribution is 2.44. The predicted octanol–water partition coefficient (Wildman–Crippen LogP) is 7.98. The molecule has 3 aromatic heterocycles. The molecule has 0 atom stereocenters. The zero-order chi connectivity index (χ0) is 21.6. The third kappa shape index (κ3) is 2.07. The van der Waals surface area contributed by atoms with Crippen LogP contribution >= 0.6 is 0 Å². The van der Waals surface area contributed by atoms with Gasteiger partial charge in [0, 0.05) is 33.3 Å². The smallest absolute Gasteiger partial charge is 0.0823 e. The van der Waals surface area contributed by atoms with E-state index in [4.69, 9.17) is 4.98 Å². The topological polar surface area (TPSA) is 17.3 Å². The minimum absolute atomic E-state index is 1.10. The molecule has 4 aromatic carbocycles. The Kier molecular flexibility index (Phi) is 3.37. The average molecular weight is 411 g/mol. The Balaban J connectivity index is 1.85. The molecule has 0 fully saturated rings. The van der Waals surface area contributed by atoms with Gasteiger partial charge in [0.25, 0.3) is 0 Å². The summed E-state index contributed by atoms with van der Waals surface area (Å²) >= 11 is 0. The highest BCUT2D eigenvalue weighted by Gasteiger charge is 2.22. The Labute approximate surface area is 186 Å². The molecule has 0 saturated carbocycles. The average Bonchev–Trinajstić information content (AvgIpc) is 3.17. The summed E-state index contributed by atoms with van der Waals surface area (Å²) in [6.45, 7) is 6.70. The summed E-state index contributed by atoms with van der Waals surface area (Å²) in [5, 5.41) is 6.35. The van der Waals surface area contributed by atoms with Gasteiger partial charge in [-0.3, -0.25) is 4.98 Å². The first kappa shape index (κ1) is 17.7. The van der Waals surface area contributed by atoms with Crippen LogP contribution in [0.25, 0.3) is 60.1 Å². The number of rotatable bonds is 1. The summed E-state index contributed by atoms with van der Waals surface area (Å²) in [4.78, 5) is 5.11. The van der Waals surface area contributed by atoms with E-state index in [9.17, 15) is 0 Å². The van der Waals surface area contributed by atoms with Crippen molar-refractivity contribution in [1.29, 1.82) is 0 Å². The van der Waals surface area contributed by atoms with Crippen LogP contribution in [0.4, 0.5) is 0 Å². The number of fused-ring (bicyclic) bond motifs is 6. The molecule has 0 radical (unpaired) electrons. The van der Waals surface area contributed by atoms with E-state index in [1.54, 1.807) is 0 Å². The number of para-hydroxylation sites is 1. The van der Waals surface area contributed by atoms with E-state index < -0.39 is 0 Å². The van der Waals surface area contributed by atoms with E-state index in [1.807, 2.05) is 0 Å². The quantitative estimate of drug-likeness (QED) is 0.198. The molecule has 2 heteroatoms. The normalized spacial score (nSPS) is 12.2. The first-order chi connectivity index (χ1) is 15.6. The monoisotopic (exact) mass is 410 g/mol. The fraction of sp³-hybridized carbons (Fsp3) is 0.100. The first-order valence-electron chi connectivity index (χ1n) is 11.2. The van der Waals surface area contributed by atoms with Crippen molar-refractivity contribution in [2.24, 2.45) is 0 Å². The number of hydrogen-bond acceptors (Lipinski definition) is 1. The summed E-state index contributed by atoms with van der Waals surface area (Å²) in [5.74, 6) is 0. The van der Waals surface area contributed by atoms with E-state index >= 15 is 0 Å². The summed E-state index contributed by atoms with van der Waals surface area (Å²) < 4.78 is 2.49. The van der Waals surface area contributed by atoms with Crippen molar-refractivity contribution in [3.05, 3.63) is 95.7 Å². The molecule has 0 aliphatic heterocycles. The Morgan fingerprint density at radius 3 is 2.25 bits per heavy atom. The van der Waals surface area contributed by atoms with Crippen LogP contribution in [0.5, 0.6) is 0 Å². The number of pyridine rings is 2. The van der Waals surface area contributed by atoms with Gasteiger partial charge in [0.15, 0.2) is 0 Å². The molecule has 7 aromatic rings. The van der Waals surface area contributed by atoms with E-state index in [0.29, 0.717) is 0 Å². The zero-order valence-electron chi connectivity index (χ0n) is 18.4. The molecule has 0 spiro atoms. The molecule has 152 valence electrons. The maximum absolute atomic E-state index is 5.11. The lowest BCUT2D eigenvalue weighted by Crippen LogP contribution is -1.99. The van der Waals surface area contributed by atoms with Crippen LogP contribution in [0.15, 0.2) is 79.0 Å². The van der Waals surface area contributed by atoms with E-state index in [0.717, 1.165) is 5.52 Å². The molecule has 0 saturated heterocycles. The molecule has 0 aliphatic rings. The van der Waals surface area contributed by atoms with Crippen molar-refractivity contribution in [1.82, 2.24) is 9.38 Å². The van der Waals surface area contributed by atoms with Crippen LogP contribution < -0.4 is 0 Å². The maximum Gasteiger partial charge on any atom is 0.0823 e. The SMILES string of the molecule is Cc1cc2c3ncc(-c4ccccc4)c4ccc5c6ccccc6n(c2c(C)c1C)c5c43. The molecule has 3 heterocycles. The first-order valence-corrected chi connectivity index (χ1v) is 11.2. The summed E-state index contributed by atoms with van der Waals surface area (Å²) in [5.41, 5.74) is 11.3. The predicted molar refractivity (Wildman–Crippen MR) is 136 cm³/mol. The lowest BCUT2D eigenvalue weighted by molar-refractivity contribution is 1.24. The van der Waals surface area contributed by atoms with Crippen LogP contribution in [-0.4, -0.2) is 9.38 Å². The molecule has 0 aliphatic carbocycles. The lowest BCUT2D eigenvalue weighted by Gasteiger charge is -2.18. The molecule has 2 nitrogen and oxygen atoms in total. The number of benzene rings is 4. The van der Waals surface area contributed by atoms with Crippen molar-refractivity contribution >= 4 is 49.0 Å². The second-order valence-corrected chi connectivity index (χ2v) is 8.96. The number of hydrogen-bond donors (Lipinski definition) is 0. The van der Waals surface area contributed by atoms with E-state index in [-0.39, 0.29) is 0 Å². The summed E-state index contributed by atoms with van der Waals surface area (Å²) in [6, 6.07) is 26.3. The molecule has 0 unspecified atom stereocenters. The van der Waals surface area contributed by atoms with Gasteiger partial charge in [-0.25, -0.2) is 0 Å². The zero-order valence-corrected chi connectivity index (χ0v) is 18.4. The minimum atomic E-state index is 1.10.